The third-order valence-electron chi connectivity index (χ3n) is 1.69. The number of nitrogens with two attached hydrogens (primary N) is 3. The van der Waals surface area contributed by atoms with E-state index in [0.717, 1.165) is 25.7 Å². The molecule has 0 aliphatic heterocycles. The topological polar surface area (TPSA) is 90.4 Å². The van der Waals surface area contributed by atoms with Crippen LogP contribution in [0, 0.1) is 0 Å². The fraction of sp³-hybridized carbons (Fsp3) is 0.875. The number of aliphatic imine (C=N–C) groups is 1. The zero-order chi connectivity index (χ0) is 9.40. The Morgan fingerprint density at radius 1 is 1.33 bits per heavy atom. The fourth-order valence-electron chi connectivity index (χ4n) is 1.08. The van der Waals surface area contributed by atoms with Crippen LogP contribution in [-0.2, 0) is 0 Å². The van der Waals surface area contributed by atoms with Crippen LogP contribution >= 0.6 is 0 Å². The minimum atomic E-state index is 0.166. The Balaban J connectivity index is 3.25. The summed E-state index contributed by atoms with van der Waals surface area (Å²) in [6.07, 6.45) is 4.20. The summed E-state index contributed by atoms with van der Waals surface area (Å²) >= 11 is 0. The Labute approximate surface area is 74.2 Å². The lowest BCUT2D eigenvalue weighted by Gasteiger charge is -2.07. The SMILES string of the molecule is CCCC(N)CCCN=C(N)N. The summed E-state index contributed by atoms with van der Waals surface area (Å²) in [7, 11) is 0. The van der Waals surface area contributed by atoms with E-state index in [4.69, 9.17) is 17.2 Å². The molecule has 4 heteroatoms. The molecule has 1 atom stereocenters. The van der Waals surface area contributed by atoms with Crippen molar-refractivity contribution in [3.63, 3.8) is 0 Å². The van der Waals surface area contributed by atoms with Gasteiger partial charge in [0.15, 0.2) is 5.96 Å². The van der Waals surface area contributed by atoms with Crippen molar-refractivity contribution in [2.45, 2.75) is 38.6 Å². The molecule has 0 amide bonds. The van der Waals surface area contributed by atoms with Gasteiger partial charge < -0.3 is 17.2 Å². The van der Waals surface area contributed by atoms with Crippen LogP contribution in [0.3, 0.4) is 0 Å². The van der Waals surface area contributed by atoms with Gasteiger partial charge in [-0.25, -0.2) is 0 Å². The van der Waals surface area contributed by atoms with E-state index >= 15 is 0 Å². The van der Waals surface area contributed by atoms with Gasteiger partial charge in [0, 0.05) is 12.6 Å². The van der Waals surface area contributed by atoms with Crippen molar-refractivity contribution in [3.05, 3.63) is 0 Å². The molecule has 0 rings (SSSR count). The first-order chi connectivity index (χ1) is 5.66. The van der Waals surface area contributed by atoms with Crippen molar-refractivity contribution in [2.24, 2.45) is 22.2 Å². The Morgan fingerprint density at radius 3 is 2.50 bits per heavy atom. The van der Waals surface area contributed by atoms with E-state index in [-0.39, 0.29) is 5.96 Å². The molecule has 0 aliphatic rings. The highest BCUT2D eigenvalue weighted by atomic mass is 15.0. The van der Waals surface area contributed by atoms with Gasteiger partial charge in [0.25, 0.3) is 0 Å². The highest BCUT2D eigenvalue weighted by Crippen LogP contribution is 2.01. The van der Waals surface area contributed by atoms with E-state index in [9.17, 15) is 0 Å². The zero-order valence-corrected chi connectivity index (χ0v) is 7.79. The van der Waals surface area contributed by atoms with E-state index in [0.29, 0.717) is 12.6 Å². The third kappa shape index (κ3) is 7.34. The molecule has 0 aromatic heterocycles. The van der Waals surface area contributed by atoms with Crippen LogP contribution in [0.5, 0.6) is 0 Å². The second-order valence-electron chi connectivity index (χ2n) is 3.00. The quantitative estimate of drug-likeness (QED) is 0.303. The maximum Gasteiger partial charge on any atom is 0.185 e. The number of rotatable bonds is 6. The zero-order valence-electron chi connectivity index (χ0n) is 7.79. The first-order valence-corrected chi connectivity index (χ1v) is 4.47. The predicted molar refractivity (Wildman–Crippen MR) is 52.8 cm³/mol. The fourth-order valence-corrected chi connectivity index (χ4v) is 1.08. The van der Waals surface area contributed by atoms with Crippen LogP contribution in [0.15, 0.2) is 4.99 Å². The monoisotopic (exact) mass is 172 g/mol. The summed E-state index contributed by atoms with van der Waals surface area (Å²) < 4.78 is 0. The smallest absolute Gasteiger partial charge is 0.185 e. The van der Waals surface area contributed by atoms with E-state index in [1.165, 1.54) is 0 Å². The molecule has 0 bridgehead atoms. The van der Waals surface area contributed by atoms with E-state index in [1.807, 2.05) is 0 Å². The highest BCUT2D eigenvalue weighted by Gasteiger charge is 1.99. The number of hydrogen-bond donors (Lipinski definition) is 3. The van der Waals surface area contributed by atoms with Crippen molar-refractivity contribution in [1.29, 1.82) is 0 Å². The average molecular weight is 172 g/mol. The summed E-state index contributed by atoms with van der Waals surface area (Å²) in [5.41, 5.74) is 16.1. The molecule has 12 heavy (non-hydrogen) atoms. The Kier molecular flexibility index (Phi) is 6.47. The van der Waals surface area contributed by atoms with Gasteiger partial charge in [0.1, 0.15) is 0 Å². The van der Waals surface area contributed by atoms with Crippen molar-refractivity contribution in [2.75, 3.05) is 6.54 Å². The second-order valence-corrected chi connectivity index (χ2v) is 3.00. The van der Waals surface area contributed by atoms with Gasteiger partial charge in [-0.3, -0.25) is 4.99 Å². The predicted octanol–water partition coefficient (Wildman–Crippen LogP) is 0.167. The molecular formula is C8H20N4. The van der Waals surface area contributed by atoms with Crippen LogP contribution in [0.2, 0.25) is 0 Å². The lowest BCUT2D eigenvalue weighted by atomic mass is 10.1. The summed E-state index contributed by atoms with van der Waals surface area (Å²) in [5, 5.41) is 0. The molecule has 0 fully saturated rings. The van der Waals surface area contributed by atoms with E-state index in [1.54, 1.807) is 0 Å². The summed E-state index contributed by atoms with van der Waals surface area (Å²) in [6, 6.07) is 0.309. The Hall–Kier alpha value is -0.770. The number of hydrogen-bond acceptors (Lipinski definition) is 2. The Bertz CT molecular complexity index is 129. The normalized spacial score (nSPS) is 12.5. The molecule has 0 heterocycles. The van der Waals surface area contributed by atoms with Crippen LogP contribution in [0.4, 0.5) is 0 Å². The van der Waals surface area contributed by atoms with Gasteiger partial charge >= 0.3 is 0 Å². The van der Waals surface area contributed by atoms with Gasteiger partial charge in [-0.05, 0) is 19.3 Å². The van der Waals surface area contributed by atoms with Gasteiger partial charge in [-0.15, -0.1) is 0 Å². The average Bonchev–Trinajstić information content (AvgIpc) is 1.98. The molecule has 72 valence electrons. The first kappa shape index (κ1) is 11.2. The lowest BCUT2D eigenvalue weighted by Crippen LogP contribution is -2.23. The molecule has 6 N–H and O–H groups in total. The van der Waals surface area contributed by atoms with Crippen molar-refractivity contribution < 1.29 is 0 Å². The van der Waals surface area contributed by atoms with Crippen LogP contribution in [0.25, 0.3) is 0 Å². The maximum absolute atomic E-state index is 5.79. The van der Waals surface area contributed by atoms with Crippen molar-refractivity contribution in [1.82, 2.24) is 0 Å². The maximum atomic E-state index is 5.79. The van der Waals surface area contributed by atoms with Crippen LogP contribution < -0.4 is 17.2 Å². The second kappa shape index (κ2) is 6.91. The summed E-state index contributed by atoms with van der Waals surface area (Å²) in [4.78, 5) is 3.87. The minimum absolute atomic E-state index is 0.166. The number of nitrogens with zero attached hydrogens (tertiary/aromatic N) is 1. The molecule has 0 saturated heterocycles. The van der Waals surface area contributed by atoms with Crippen molar-refractivity contribution >= 4 is 5.96 Å². The standard InChI is InChI=1S/C8H20N4/c1-2-4-7(9)5-3-6-12-8(10)11/h7H,2-6,9H2,1H3,(H4,10,11,12). The molecule has 4 nitrogen and oxygen atoms in total. The molecule has 0 saturated carbocycles. The number of guanidine groups is 1. The van der Waals surface area contributed by atoms with Gasteiger partial charge in [-0.1, -0.05) is 13.3 Å². The van der Waals surface area contributed by atoms with E-state index in [2.05, 4.69) is 11.9 Å². The van der Waals surface area contributed by atoms with Crippen LogP contribution in [-0.4, -0.2) is 18.5 Å². The Morgan fingerprint density at radius 2 is 2.00 bits per heavy atom. The molecule has 0 aromatic carbocycles. The van der Waals surface area contributed by atoms with Crippen LogP contribution in [0.1, 0.15) is 32.6 Å². The van der Waals surface area contributed by atoms with Crippen molar-refractivity contribution in [3.8, 4) is 0 Å². The largest absolute Gasteiger partial charge is 0.370 e. The molecule has 1 unspecified atom stereocenters. The lowest BCUT2D eigenvalue weighted by molar-refractivity contribution is 0.544. The third-order valence-corrected chi connectivity index (χ3v) is 1.69. The molecule has 0 aromatic rings. The molecular weight excluding hydrogens is 152 g/mol. The summed E-state index contributed by atoms with van der Waals surface area (Å²) in [5.74, 6) is 0.166. The molecule has 0 spiro atoms. The minimum Gasteiger partial charge on any atom is -0.370 e. The first-order valence-electron chi connectivity index (χ1n) is 4.47. The highest BCUT2D eigenvalue weighted by molar-refractivity contribution is 5.75. The van der Waals surface area contributed by atoms with Gasteiger partial charge in [0.05, 0.1) is 0 Å². The van der Waals surface area contributed by atoms with E-state index < -0.39 is 0 Å². The molecule has 0 radical (unpaired) electrons. The summed E-state index contributed by atoms with van der Waals surface area (Å²) in [6.45, 7) is 2.83. The van der Waals surface area contributed by atoms with Gasteiger partial charge in [-0.2, -0.15) is 0 Å². The van der Waals surface area contributed by atoms with Gasteiger partial charge in [0.2, 0.25) is 0 Å². The molecule has 0 aliphatic carbocycles.